The van der Waals surface area contributed by atoms with Gasteiger partial charge in [-0.25, -0.2) is 0 Å². The molecular formula is C15H20N2O. The molecule has 0 bridgehead atoms. The number of fused-ring (bicyclic) bond motifs is 1. The molecule has 0 aliphatic carbocycles. The molecule has 96 valence electrons. The number of furan rings is 1. The molecule has 0 spiro atoms. The van der Waals surface area contributed by atoms with E-state index in [0.717, 1.165) is 31.0 Å². The third-order valence-corrected chi connectivity index (χ3v) is 3.77. The van der Waals surface area contributed by atoms with Gasteiger partial charge in [-0.1, -0.05) is 25.1 Å². The Kier molecular flexibility index (Phi) is 3.35. The molecule has 1 saturated heterocycles. The standard InChI is InChI=1S/C15H20N2O/c1-2-16-7-9-17(10-8-16)12-14-11-13-5-3-4-6-15(13)18-14/h3-6,11H,2,7-10,12H2,1H3. The van der Waals surface area contributed by atoms with Crippen molar-refractivity contribution in [1.29, 1.82) is 0 Å². The van der Waals surface area contributed by atoms with Crippen LogP contribution in [-0.2, 0) is 6.54 Å². The Morgan fingerprint density at radius 3 is 2.50 bits per heavy atom. The van der Waals surface area contributed by atoms with Gasteiger partial charge in [0.2, 0.25) is 0 Å². The van der Waals surface area contributed by atoms with E-state index >= 15 is 0 Å². The van der Waals surface area contributed by atoms with Crippen molar-refractivity contribution in [3.63, 3.8) is 0 Å². The first kappa shape index (κ1) is 11.8. The van der Waals surface area contributed by atoms with Gasteiger partial charge in [0.15, 0.2) is 0 Å². The molecule has 1 aromatic carbocycles. The second kappa shape index (κ2) is 5.12. The average molecular weight is 244 g/mol. The summed E-state index contributed by atoms with van der Waals surface area (Å²) in [6.45, 7) is 8.98. The Hall–Kier alpha value is -1.32. The molecular weight excluding hydrogens is 224 g/mol. The summed E-state index contributed by atoms with van der Waals surface area (Å²) < 4.78 is 5.87. The van der Waals surface area contributed by atoms with Gasteiger partial charge in [-0.05, 0) is 18.7 Å². The van der Waals surface area contributed by atoms with E-state index in [-0.39, 0.29) is 0 Å². The number of hydrogen-bond acceptors (Lipinski definition) is 3. The van der Waals surface area contributed by atoms with Crippen LogP contribution >= 0.6 is 0 Å². The molecule has 0 saturated carbocycles. The fourth-order valence-electron chi connectivity index (χ4n) is 2.60. The Balaban J connectivity index is 1.66. The Morgan fingerprint density at radius 1 is 1.06 bits per heavy atom. The first-order chi connectivity index (χ1) is 8.85. The maximum absolute atomic E-state index is 5.87. The molecule has 3 heteroatoms. The van der Waals surface area contributed by atoms with Gasteiger partial charge in [-0.15, -0.1) is 0 Å². The van der Waals surface area contributed by atoms with Crippen molar-refractivity contribution in [2.45, 2.75) is 13.5 Å². The lowest BCUT2D eigenvalue weighted by Crippen LogP contribution is -2.45. The summed E-state index contributed by atoms with van der Waals surface area (Å²) in [5.74, 6) is 1.08. The van der Waals surface area contributed by atoms with E-state index in [1.807, 2.05) is 12.1 Å². The van der Waals surface area contributed by atoms with E-state index in [4.69, 9.17) is 4.42 Å². The van der Waals surface area contributed by atoms with Crippen molar-refractivity contribution in [2.75, 3.05) is 32.7 Å². The second-order valence-electron chi connectivity index (χ2n) is 4.96. The third-order valence-electron chi connectivity index (χ3n) is 3.77. The normalized spacial score (nSPS) is 18.5. The Labute approximate surface area is 108 Å². The summed E-state index contributed by atoms with van der Waals surface area (Å²) >= 11 is 0. The zero-order valence-corrected chi connectivity index (χ0v) is 10.9. The van der Waals surface area contributed by atoms with Crippen LogP contribution in [0.25, 0.3) is 11.0 Å². The molecule has 0 atom stereocenters. The van der Waals surface area contributed by atoms with Crippen LogP contribution in [-0.4, -0.2) is 42.5 Å². The van der Waals surface area contributed by atoms with Gasteiger partial charge in [-0.3, -0.25) is 4.90 Å². The zero-order chi connectivity index (χ0) is 12.4. The Morgan fingerprint density at radius 2 is 1.78 bits per heavy atom. The third kappa shape index (κ3) is 2.42. The van der Waals surface area contributed by atoms with Crippen LogP contribution in [0.2, 0.25) is 0 Å². The average Bonchev–Trinajstić information content (AvgIpc) is 2.82. The van der Waals surface area contributed by atoms with Crippen LogP contribution in [0.3, 0.4) is 0 Å². The number of benzene rings is 1. The fourth-order valence-corrected chi connectivity index (χ4v) is 2.60. The molecule has 2 aromatic rings. The molecule has 1 fully saturated rings. The number of likely N-dealkylation sites (N-methyl/N-ethyl adjacent to an activating group) is 1. The number of piperazine rings is 1. The zero-order valence-electron chi connectivity index (χ0n) is 10.9. The first-order valence-electron chi connectivity index (χ1n) is 6.77. The molecule has 0 radical (unpaired) electrons. The first-order valence-corrected chi connectivity index (χ1v) is 6.77. The van der Waals surface area contributed by atoms with Gasteiger partial charge in [0.25, 0.3) is 0 Å². The molecule has 3 rings (SSSR count). The highest BCUT2D eigenvalue weighted by Crippen LogP contribution is 2.20. The molecule has 2 heterocycles. The highest BCUT2D eigenvalue weighted by molar-refractivity contribution is 5.77. The number of nitrogens with zero attached hydrogens (tertiary/aromatic N) is 2. The molecule has 0 unspecified atom stereocenters. The lowest BCUT2D eigenvalue weighted by Gasteiger charge is -2.33. The van der Waals surface area contributed by atoms with Gasteiger partial charge >= 0.3 is 0 Å². The van der Waals surface area contributed by atoms with Crippen molar-refractivity contribution >= 4 is 11.0 Å². The summed E-state index contributed by atoms with van der Waals surface area (Å²) in [7, 11) is 0. The van der Waals surface area contributed by atoms with E-state index in [9.17, 15) is 0 Å². The molecule has 1 aromatic heterocycles. The minimum absolute atomic E-state index is 0.937. The molecule has 0 N–H and O–H groups in total. The van der Waals surface area contributed by atoms with Crippen LogP contribution in [0, 0.1) is 0 Å². The summed E-state index contributed by atoms with van der Waals surface area (Å²) in [5, 5.41) is 1.21. The SMILES string of the molecule is CCN1CCN(Cc2cc3ccccc3o2)CC1. The lowest BCUT2D eigenvalue weighted by atomic mass is 10.2. The van der Waals surface area contributed by atoms with Gasteiger partial charge in [0.1, 0.15) is 11.3 Å². The monoisotopic (exact) mass is 244 g/mol. The highest BCUT2D eigenvalue weighted by atomic mass is 16.3. The highest BCUT2D eigenvalue weighted by Gasteiger charge is 2.16. The smallest absolute Gasteiger partial charge is 0.134 e. The molecule has 1 aliphatic heterocycles. The number of para-hydroxylation sites is 1. The second-order valence-corrected chi connectivity index (χ2v) is 4.96. The van der Waals surface area contributed by atoms with E-state index in [0.29, 0.717) is 0 Å². The predicted molar refractivity (Wildman–Crippen MR) is 73.6 cm³/mol. The van der Waals surface area contributed by atoms with Gasteiger partial charge in [0.05, 0.1) is 6.54 Å². The fraction of sp³-hybridized carbons (Fsp3) is 0.467. The summed E-state index contributed by atoms with van der Waals surface area (Å²) in [6, 6.07) is 10.4. The summed E-state index contributed by atoms with van der Waals surface area (Å²) in [5.41, 5.74) is 1.000. The van der Waals surface area contributed by atoms with E-state index in [1.54, 1.807) is 0 Å². The molecule has 18 heavy (non-hydrogen) atoms. The van der Waals surface area contributed by atoms with Crippen LogP contribution in [0.1, 0.15) is 12.7 Å². The van der Waals surface area contributed by atoms with Gasteiger partial charge in [0, 0.05) is 31.6 Å². The lowest BCUT2D eigenvalue weighted by molar-refractivity contribution is 0.126. The van der Waals surface area contributed by atoms with Crippen LogP contribution in [0.4, 0.5) is 0 Å². The van der Waals surface area contributed by atoms with E-state index < -0.39 is 0 Å². The number of hydrogen-bond donors (Lipinski definition) is 0. The summed E-state index contributed by atoms with van der Waals surface area (Å²) in [6.07, 6.45) is 0. The van der Waals surface area contributed by atoms with Gasteiger partial charge in [-0.2, -0.15) is 0 Å². The van der Waals surface area contributed by atoms with E-state index in [1.165, 1.54) is 25.0 Å². The van der Waals surface area contributed by atoms with Crippen LogP contribution in [0.15, 0.2) is 34.7 Å². The topological polar surface area (TPSA) is 19.6 Å². The summed E-state index contributed by atoms with van der Waals surface area (Å²) in [4.78, 5) is 4.97. The predicted octanol–water partition coefficient (Wildman–Crippen LogP) is 2.57. The van der Waals surface area contributed by atoms with Gasteiger partial charge < -0.3 is 9.32 Å². The Bertz CT molecular complexity index is 479. The largest absolute Gasteiger partial charge is 0.460 e. The minimum Gasteiger partial charge on any atom is -0.460 e. The van der Waals surface area contributed by atoms with Crippen molar-refractivity contribution in [1.82, 2.24) is 9.80 Å². The van der Waals surface area contributed by atoms with Crippen molar-refractivity contribution in [2.24, 2.45) is 0 Å². The van der Waals surface area contributed by atoms with Crippen LogP contribution in [0.5, 0.6) is 0 Å². The molecule has 1 aliphatic rings. The van der Waals surface area contributed by atoms with Crippen molar-refractivity contribution < 1.29 is 4.42 Å². The van der Waals surface area contributed by atoms with Crippen molar-refractivity contribution in [3.05, 3.63) is 36.1 Å². The maximum Gasteiger partial charge on any atom is 0.134 e. The minimum atomic E-state index is 0.937. The van der Waals surface area contributed by atoms with E-state index in [2.05, 4.69) is 34.9 Å². The number of rotatable bonds is 3. The molecule has 0 amide bonds. The molecule has 3 nitrogen and oxygen atoms in total. The quantitative estimate of drug-likeness (QED) is 0.827. The van der Waals surface area contributed by atoms with Crippen molar-refractivity contribution in [3.8, 4) is 0 Å². The van der Waals surface area contributed by atoms with Crippen LogP contribution < -0.4 is 0 Å². The maximum atomic E-state index is 5.87.